The second kappa shape index (κ2) is 10.3. The van der Waals surface area contributed by atoms with E-state index in [2.05, 4.69) is 10.0 Å². The summed E-state index contributed by atoms with van der Waals surface area (Å²) in [5, 5.41) is 2.77. The first-order valence-electron chi connectivity index (χ1n) is 7.81. The number of carbonyl (C=O) groups excluding carboxylic acids is 1. The molecule has 0 fully saturated rings. The lowest BCUT2D eigenvalue weighted by Gasteiger charge is -2.18. The first-order chi connectivity index (χ1) is 11.4. The molecule has 0 spiro atoms. The van der Waals surface area contributed by atoms with E-state index in [9.17, 15) is 13.2 Å². The summed E-state index contributed by atoms with van der Waals surface area (Å²) >= 11 is 0. The van der Waals surface area contributed by atoms with Crippen molar-refractivity contribution in [1.82, 2.24) is 10.0 Å². The molecule has 0 aliphatic rings. The van der Waals surface area contributed by atoms with Crippen LogP contribution in [0.4, 0.5) is 0 Å². The quantitative estimate of drug-likeness (QED) is 0.580. The van der Waals surface area contributed by atoms with Gasteiger partial charge in [0.05, 0.1) is 19.4 Å². The summed E-state index contributed by atoms with van der Waals surface area (Å²) in [6, 6.07) is 6.31. The zero-order chi connectivity index (χ0) is 18.0. The van der Waals surface area contributed by atoms with Gasteiger partial charge in [-0.1, -0.05) is 12.1 Å². The molecule has 1 amide bonds. The van der Waals surface area contributed by atoms with Crippen LogP contribution in [0.2, 0.25) is 0 Å². The number of benzene rings is 1. The van der Waals surface area contributed by atoms with Crippen LogP contribution in [0.1, 0.15) is 31.4 Å². The highest BCUT2D eigenvalue weighted by Gasteiger charge is 2.19. The van der Waals surface area contributed by atoms with Crippen molar-refractivity contribution in [3.8, 4) is 5.75 Å². The van der Waals surface area contributed by atoms with Crippen LogP contribution in [0, 0.1) is 0 Å². The van der Waals surface area contributed by atoms with E-state index in [1.54, 1.807) is 31.4 Å². The van der Waals surface area contributed by atoms with E-state index in [0.29, 0.717) is 37.5 Å². The third kappa shape index (κ3) is 8.28. The monoisotopic (exact) mass is 358 g/mol. The maximum absolute atomic E-state index is 12.1. The molecular formula is C16H26N2O5S. The fourth-order valence-corrected chi connectivity index (χ4v) is 2.86. The summed E-state index contributed by atoms with van der Waals surface area (Å²) in [4.78, 5) is 12.1. The van der Waals surface area contributed by atoms with E-state index >= 15 is 0 Å². The van der Waals surface area contributed by atoms with Gasteiger partial charge in [0, 0.05) is 26.2 Å². The van der Waals surface area contributed by atoms with Crippen LogP contribution in [-0.4, -0.2) is 47.4 Å². The Balaban J connectivity index is 2.66. The van der Waals surface area contributed by atoms with Crippen LogP contribution in [0.5, 0.6) is 5.75 Å². The maximum atomic E-state index is 12.1. The highest BCUT2D eigenvalue weighted by atomic mass is 32.2. The van der Waals surface area contributed by atoms with Crippen molar-refractivity contribution >= 4 is 15.9 Å². The van der Waals surface area contributed by atoms with Gasteiger partial charge in [-0.3, -0.25) is 4.79 Å². The Kier molecular flexibility index (Phi) is 8.73. The first-order valence-corrected chi connectivity index (χ1v) is 9.70. The Morgan fingerprint density at radius 1 is 1.25 bits per heavy atom. The average molecular weight is 358 g/mol. The van der Waals surface area contributed by atoms with E-state index in [0.717, 1.165) is 6.26 Å². The lowest BCUT2D eigenvalue weighted by molar-refractivity contribution is -0.121. The predicted octanol–water partition coefficient (Wildman–Crippen LogP) is 1.22. The number of sulfonamides is 1. The van der Waals surface area contributed by atoms with Crippen molar-refractivity contribution < 1.29 is 22.7 Å². The zero-order valence-electron chi connectivity index (χ0n) is 14.4. The Bertz CT molecular complexity index is 601. The van der Waals surface area contributed by atoms with Crippen LogP contribution in [0.15, 0.2) is 24.3 Å². The fourth-order valence-electron chi connectivity index (χ4n) is 2.13. The molecule has 0 aliphatic carbocycles. The molecule has 0 bridgehead atoms. The third-order valence-corrected chi connectivity index (χ3v) is 3.97. The lowest BCUT2D eigenvalue weighted by Crippen LogP contribution is -2.33. The Morgan fingerprint density at radius 2 is 1.92 bits per heavy atom. The largest absolute Gasteiger partial charge is 0.497 e. The van der Waals surface area contributed by atoms with Crippen LogP contribution < -0.4 is 14.8 Å². The van der Waals surface area contributed by atoms with E-state index in [4.69, 9.17) is 9.47 Å². The average Bonchev–Trinajstić information content (AvgIpc) is 2.53. The number of hydrogen-bond acceptors (Lipinski definition) is 5. The SMILES string of the molecule is CCOCCCNC(=O)CC(NS(C)(=O)=O)c1ccc(OC)cc1. The minimum atomic E-state index is -3.45. The van der Waals surface area contributed by atoms with Crippen LogP contribution >= 0.6 is 0 Å². The van der Waals surface area contributed by atoms with Gasteiger partial charge >= 0.3 is 0 Å². The van der Waals surface area contributed by atoms with Gasteiger partial charge in [-0.2, -0.15) is 0 Å². The standard InChI is InChI=1S/C16H26N2O5S/c1-4-23-11-5-10-17-16(19)12-15(18-24(3,20)21)13-6-8-14(22-2)9-7-13/h6-9,15,18H,4-5,10-12H2,1-3H3,(H,17,19). The Hall–Kier alpha value is -1.64. The van der Waals surface area contributed by atoms with Crippen molar-refractivity contribution in [1.29, 1.82) is 0 Å². The van der Waals surface area contributed by atoms with Crippen LogP contribution in [-0.2, 0) is 19.6 Å². The molecule has 1 atom stereocenters. The van der Waals surface area contributed by atoms with Crippen LogP contribution in [0.25, 0.3) is 0 Å². The second-order valence-corrected chi connectivity index (χ2v) is 7.10. The first kappa shape index (κ1) is 20.4. The molecule has 1 rings (SSSR count). The molecule has 136 valence electrons. The molecule has 0 aliphatic heterocycles. The molecule has 0 radical (unpaired) electrons. The van der Waals surface area contributed by atoms with Gasteiger partial charge in [0.15, 0.2) is 0 Å². The second-order valence-electron chi connectivity index (χ2n) is 5.32. The number of methoxy groups -OCH3 is 1. The van der Waals surface area contributed by atoms with Crippen LogP contribution in [0.3, 0.4) is 0 Å². The molecule has 2 N–H and O–H groups in total. The van der Waals surface area contributed by atoms with Gasteiger partial charge in [-0.15, -0.1) is 0 Å². The van der Waals surface area contributed by atoms with Crippen molar-refractivity contribution in [2.45, 2.75) is 25.8 Å². The normalized spacial score (nSPS) is 12.6. The van der Waals surface area contributed by atoms with Gasteiger partial charge in [-0.05, 0) is 31.0 Å². The minimum absolute atomic E-state index is 0.0219. The number of nitrogens with one attached hydrogen (secondary N) is 2. The number of carbonyl (C=O) groups is 1. The summed E-state index contributed by atoms with van der Waals surface area (Å²) in [6.45, 7) is 3.63. The summed E-state index contributed by atoms with van der Waals surface area (Å²) in [5.74, 6) is 0.445. The number of hydrogen-bond donors (Lipinski definition) is 2. The number of ether oxygens (including phenoxy) is 2. The molecular weight excluding hydrogens is 332 g/mol. The van der Waals surface area contributed by atoms with Gasteiger partial charge in [0.1, 0.15) is 5.75 Å². The van der Waals surface area contributed by atoms with Crippen molar-refractivity contribution in [2.24, 2.45) is 0 Å². The zero-order valence-corrected chi connectivity index (χ0v) is 15.2. The van der Waals surface area contributed by atoms with Crippen molar-refractivity contribution in [2.75, 3.05) is 33.1 Å². The summed E-state index contributed by atoms with van der Waals surface area (Å²) < 4.78 is 35.9. The summed E-state index contributed by atoms with van der Waals surface area (Å²) in [7, 11) is -1.89. The number of rotatable bonds is 11. The highest BCUT2D eigenvalue weighted by molar-refractivity contribution is 7.88. The van der Waals surface area contributed by atoms with E-state index in [1.807, 2.05) is 6.92 Å². The van der Waals surface area contributed by atoms with Crippen molar-refractivity contribution in [3.63, 3.8) is 0 Å². The molecule has 7 nitrogen and oxygen atoms in total. The fraction of sp³-hybridized carbons (Fsp3) is 0.562. The molecule has 0 saturated heterocycles. The molecule has 0 saturated carbocycles. The van der Waals surface area contributed by atoms with Gasteiger partial charge < -0.3 is 14.8 Å². The third-order valence-electron chi connectivity index (χ3n) is 3.26. The Labute approximate surface area is 143 Å². The molecule has 1 unspecified atom stereocenters. The molecule has 8 heteroatoms. The van der Waals surface area contributed by atoms with E-state index in [-0.39, 0.29) is 12.3 Å². The molecule has 0 aromatic heterocycles. The Morgan fingerprint density at radius 3 is 2.46 bits per heavy atom. The minimum Gasteiger partial charge on any atom is -0.497 e. The highest BCUT2D eigenvalue weighted by Crippen LogP contribution is 2.21. The van der Waals surface area contributed by atoms with E-state index < -0.39 is 16.1 Å². The predicted molar refractivity (Wildman–Crippen MR) is 92.5 cm³/mol. The molecule has 0 heterocycles. The molecule has 1 aromatic carbocycles. The number of amides is 1. The van der Waals surface area contributed by atoms with Gasteiger partial charge in [0.2, 0.25) is 15.9 Å². The maximum Gasteiger partial charge on any atom is 0.221 e. The summed E-state index contributed by atoms with van der Waals surface area (Å²) in [6.07, 6.45) is 1.81. The smallest absolute Gasteiger partial charge is 0.221 e. The molecule has 24 heavy (non-hydrogen) atoms. The topological polar surface area (TPSA) is 93.7 Å². The van der Waals surface area contributed by atoms with E-state index in [1.165, 1.54) is 0 Å². The van der Waals surface area contributed by atoms with Crippen molar-refractivity contribution in [3.05, 3.63) is 29.8 Å². The van der Waals surface area contributed by atoms with Gasteiger partial charge in [-0.25, -0.2) is 13.1 Å². The lowest BCUT2D eigenvalue weighted by atomic mass is 10.0. The molecule has 1 aromatic rings. The van der Waals surface area contributed by atoms with Gasteiger partial charge in [0.25, 0.3) is 0 Å². The summed E-state index contributed by atoms with van der Waals surface area (Å²) in [5.41, 5.74) is 0.700.